The maximum atomic E-state index is 9.62. The highest BCUT2D eigenvalue weighted by atomic mass is 35.5. The quantitative estimate of drug-likeness (QED) is 0.837. The van der Waals surface area contributed by atoms with Crippen LogP contribution in [0.2, 0.25) is 0 Å². The predicted molar refractivity (Wildman–Crippen MR) is 66.4 cm³/mol. The van der Waals surface area contributed by atoms with Crippen molar-refractivity contribution in [3.8, 4) is 0 Å². The van der Waals surface area contributed by atoms with Crippen LogP contribution in [0.1, 0.15) is 36.1 Å². The van der Waals surface area contributed by atoms with Crippen LogP contribution in [0.4, 0.5) is 0 Å². The standard InChI is InChI=1S/C12H19NO.ClH/c1-4-11(14)12(13)10-6-5-8(2)9(3)7-10;/h5-7,11-12,14H,4,13H2,1-3H3;1H/t11-,12+;/m0./s1. The first-order chi connectivity index (χ1) is 6.56. The maximum absolute atomic E-state index is 9.62. The van der Waals surface area contributed by atoms with Crippen LogP contribution in [0.5, 0.6) is 0 Å². The molecule has 0 saturated carbocycles. The lowest BCUT2D eigenvalue weighted by molar-refractivity contribution is 0.140. The van der Waals surface area contributed by atoms with Gasteiger partial charge in [-0.2, -0.15) is 0 Å². The molecule has 86 valence electrons. The van der Waals surface area contributed by atoms with Gasteiger partial charge >= 0.3 is 0 Å². The average Bonchev–Trinajstić information content (AvgIpc) is 2.20. The van der Waals surface area contributed by atoms with Gasteiger partial charge in [0.25, 0.3) is 0 Å². The summed E-state index contributed by atoms with van der Waals surface area (Å²) in [5.41, 5.74) is 9.41. The number of aryl methyl sites for hydroxylation is 2. The Labute approximate surface area is 97.9 Å². The summed E-state index contributed by atoms with van der Waals surface area (Å²) in [6, 6.07) is 5.83. The van der Waals surface area contributed by atoms with E-state index in [9.17, 15) is 5.11 Å². The zero-order valence-electron chi connectivity index (χ0n) is 9.53. The van der Waals surface area contributed by atoms with Crippen molar-refractivity contribution >= 4 is 12.4 Å². The molecule has 0 bridgehead atoms. The van der Waals surface area contributed by atoms with Crippen molar-refractivity contribution < 1.29 is 5.11 Å². The Morgan fingerprint density at radius 3 is 2.33 bits per heavy atom. The molecule has 1 rings (SSSR count). The van der Waals surface area contributed by atoms with E-state index in [1.807, 2.05) is 19.1 Å². The Bertz CT molecular complexity index is 314. The normalized spacial score (nSPS) is 14.2. The van der Waals surface area contributed by atoms with Crippen LogP contribution in [0, 0.1) is 13.8 Å². The number of rotatable bonds is 3. The van der Waals surface area contributed by atoms with Crippen molar-refractivity contribution in [2.24, 2.45) is 5.73 Å². The molecule has 1 aromatic carbocycles. The molecule has 0 saturated heterocycles. The molecule has 0 radical (unpaired) electrons. The second-order valence-corrected chi connectivity index (χ2v) is 3.85. The molecule has 0 spiro atoms. The number of hydrogen-bond donors (Lipinski definition) is 2. The van der Waals surface area contributed by atoms with Crippen LogP contribution >= 0.6 is 12.4 Å². The smallest absolute Gasteiger partial charge is 0.0730 e. The summed E-state index contributed by atoms with van der Waals surface area (Å²) in [6.45, 7) is 6.07. The molecule has 0 amide bonds. The van der Waals surface area contributed by atoms with E-state index in [2.05, 4.69) is 19.9 Å². The third kappa shape index (κ3) is 3.49. The van der Waals surface area contributed by atoms with Crippen molar-refractivity contribution in [2.45, 2.75) is 39.3 Å². The number of halogens is 1. The summed E-state index contributed by atoms with van der Waals surface area (Å²) in [5.74, 6) is 0. The van der Waals surface area contributed by atoms with Gasteiger partial charge in [-0.1, -0.05) is 25.1 Å². The molecule has 0 aliphatic carbocycles. The van der Waals surface area contributed by atoms with Crippen molar-refractivity contribution in [2.75, 3.05) is 0 Å². The predicted octanol–water partition coefficient (Wildman–Crippen LogP) is 2.50. The molecule has 3 N–H and O–H groups in total. The fraction of sp³-hybridized carbons (Fsp3) is 0.500. The van der Waals surface area contributed by atoms with Crippen LogP contribution in [0.15, 0.2) is 18.2 Å². The molecule has 0 heterocycles. The van der Waals surface area contributed by atoms with E-state index in [0.717, 1.165) is 5.56 Å². The van der Waals surface area contributed by atoms with E-state index in [-0.39, 0.29) is 18.4 Å². The Morgan fingerprint density at radius 2 is 1.87 bits per heavy atom. The van der Waals surface area contributed by atoms with Gasteiger partial charge in [0.15, 0.2) is 0 Å². The van der Waals surface area contributed by atoms with Crippen LogP contribution < -0.4 is 5.73 Å². The van der Waals surface area contributed by atoms with Gasteiger partial charge in [-0.25, -0.2) is 0 Å². The van der Waals surface area contributed by atoms with Crippen molar-refractivity contribution in [3.63, 3.8) is 0 Å². The molecule has 0 unspecified atom stereocenters. The summed E-state index contributed by atoms with van der Waals surface area (Å²) >= 11 is 0. The first-order valence-corrected chi connectivity index (χ1v) is 5.07. The van der Waals surface area contributed by atoms with Gasteiger partial charge in [-0.05, 0) is 37.0 Å². The van der Waals surface area contributed by atoms with Crippen LogP contribution in [-0.2, 0) is 0 Å². The summed E-state index contributed by atoms with van der Waals surface area (Å²) in [7, 11) is 0. The maximum Gasteiger partial charge on any atom is 0.0730 e. The summed E-state index contributed by atoms with van der Waals surface area (Å²) in [4.78, 5) is 0. The third-order valence-electron chi connectivity index (χ3n) is 2.75. The van der Waals surface area contributed by atoms with Gasteiger partial charge in [0, 0.05) is 0 Å². The van der Waals surface area contributed by atoms with Gasteiger partial charge in [-0.3, -0.25) is 0 Å². The zero-order valence-corrected chi connectivity index (χ0v) is 10.3. The monoisotopic (exact) mass is 229 g/mol. The van der Waals surface area contributed by atoms with E-state index in [4.69, 9.17) is 5.73 Å². The lowest BCUT2D eigenvalue weighted by atomic mass is 9.97. The van der Waals surface area contributed by atoms with Gasteiger partial charge < -0.3 is 10.8 Å². The molecule has 0 aliphatic rings. The second kappa shape index (κ2) is 6.11. The first-order valence-electron chi connectivity index (χ1n) is 5.07. The summed E-state index contributed by atoms with van der Waals surface area (Å²) in [5, 5.41) is 9.62. The van der Waals surface area contributed by atoms with Crippen LogP contribution in [0.25, 0.3) is 0 Å². The highest BCUT2D eigenvalue weighted by molar-refractivity contribution is 5.85. The molecular weight excluding hydrogens is 210 g/mol. The number of aliphatic hydroxyl groups excluding tert-OH is 1. The van der Waals surface area contributed by atoms with Gasteiger partial charge in [0.1, 0.15) is 0 Å². The van der Waals surface area contributed by atoms with E-state index in [1.54, 1.807) is 0 Å². The molecule has 1 aromatic rings. The lowest BCUT2D eigenvalue weighted by Crippen LogP contribution is -2.25. The van der Waals surface area contributed by atoms with Crippen molar-refractivity contribution in [3.05, 3.63) is 34.9 Å². The molecule has 15 heavy (non-hydrogen) atoms. The van der Waals surface area contributed by atoms with E-state index in [1.165, 1.54) is 11.1 Å². The molecule has 0 aliphatic heterocycles. The van der Waals surface area contributed by atoms with E-state index in [0.29, 0.717) is 6.42 Å². The minimum atomic E-state index is -0.447. The topological polar surface area (TPSA) is 46.2 Å². The summed E-state index contributed by atoms with van der Waals surface area (Å²) < 4.78 is 0. The number of hydrogen-bond acceptors (Lipinski definition) is 2. The minimum Gasteiger partial charge on any atom is -0.391 e. The lowest BCUT2D eigenvalue weighted by Gasteiger charge is -2.18. The second-order valence-electron chi connectivity index (χ2n) is 3.85. The largest absolute Gasteiger partial charge is 0.391 e. The molecule has 3 heteroatoms. The first kappa shape index (κ1) is 14.4. The van der Waals surface area contributed by atoms with Gasteiger partial charge in [0.05, 0.1) is 12.1 Å². The average molecular weight is 230 g/mol. The molecular formula is C12H20ClNO. The molecule has 0 aromatic heterocycles. The number of benzene rings is 1. The minimum absolute atomic E-state index is 0. The Hall–Kier alpha value is -0.570. The van der Waals surface area contributed by atoms with Crippen LogP contribution in [-0.4, -0.2) is 11.2 Å². The zero-order chi connectivity index (χ0) is 10.7. The molecule has 2 atom stereocenters. The Morgan fingerprint density at radius 1 is 1.27 bits per heavy atom. The summed E-state index contributed by atoms with van der Waals surface area (Å²) in [6.07, 6.45) is 0.241. The fourth-order valence-electron chi connectivity index (χ4n) is 1.45. The highest BCUT2D eigenvalue weighted by Gasteiger charge is 2.14. The Kier molecular flexibility index (Phi) is 5.88. The van der Waals surface area contributed by atoms with Crippen molar-refractivity contribution in [1.29, 1.82) is 0 Å². The SMILES string of the molecule is CC[C@H](O)[C@H](N)c1ccc(C)c(C)c1.Cl. The van der Waals surface area contributed by atoms with Crippen molar-refractivity contribution in [1.82, 2.24) is 0 Å². The van der Waals surface area contributed by atoms with E-state index >= 15 is 0 Å². The van der Waals surface area contributed by atoms with E-state index < -0.39 is 6.10 Å². The number of aliphatic hydroxyl groups is 1. The highest BCUT2D eigenvalue weighted by Crippen LogP contribution is 2.19. The van der Waals surface area contributed by atoms with Crippen LogP contribution in [0.3, 0.4) is 0 Å². The van der Waals surface area contributed by atoms with Gasteiger partial charge in [0.2, 0.25) is 0 Å². The Balaban J connectivity index is 0.00000196. The van der Waals surface area contributed by atoms with Gasteiger partial charge in [-0.15, -0.1) is 12.4 Å². The number of nitrogens with two attached hydrogens (primary N) is 1. The molecule has 2 nitrogen and oxygen atoms in total. The molecule has 0 fully saturated rings. The fourth-order valence-corrected chi connectivity index (χ4v) is 1.45. The third-order valence-corrected chi connectivity index (χ3v) is 2.75.